The molecule has 0 spiro atoms. The number of aryl methyl sites for hydroxylation is 1. The average Bonchev–Trinajstić information content (AvgIpc) is 2.83. The number of hydrogen-bond acceptors (Lipinski definition) is 4. The van der Waals surface area contributed by atoms with Crippen LogP contribution in [0.15, 0.2) is 101 Å². The number of halogens is 1. The van der Waals surface area contributed by atoms with E-state index in [1.165, 1.54) is 18.2 Å². The second-order valence-corrected chi connectivity index (χ2v) is 9.96. The Bertz CT molecular complexity index is 1460. The zero-order valence-electron chi connectivity index (χ0n) is 18.4. The van der Waals surface area contributed by atoms with E-state index < -0.39 is 22.5 Å². The van der Waals surface area contributed by atoms with E-state index in [9.17, 15) is 13.2 Å². The third kappa shape index (κ3) is 5.27. The summed E-state index contributed by atoms with van der Waals surface area (Å²) >= 11 is 6.10. The number of nitrogens with one attached hydrogen (secondary N) is 1. The lowest BCUT2D eigenvalue weighted by Gasteiger charge is -2.24. The summed E-state index contributed by atoms with van der Waals surface area (Å²) in [6.07, 6.45) is 1.54. The van der Waals surface area contributed by atoms with Crippen molar-refractivity contribution in [2.45, 2.75) is 11.8 Å². The fourth-order valence-electron chi connectivity index (χ4n) is 3.49. The highest BCUT2D eigenvalue weighted by Crippen LogP contribution is 2.26. The van der Waals surface area contributed by atoms with Crippen molar-refractivity contribution < 1.29 is 13.2 Å². The molecule has 0 bridgehead atoms. The molecule has 0 aliphatic carbocycles. The molecule has 0 aliphatic rings. The van der Waals surface area contributed by atoms with Crippen LogP contribution in [0.25, 0.3) is 10.8 Å². The Hall–Kier alpha value is -3.68. The van der Waals surface area contributed by atoms with Crippen molar-refractivity contribution in [1.29, 1.82) is 0 Å². The van der Waals surface area contributed by atoms with Crippen LogP contribution in [0.3, 0.4) is 0 Å². The van der Waals surface area contributed by atoms with Gasteiger partial charge in [0, 0.05) is 10.6 Å². The first-order chi connectivity index (χ1) is 16.3. The van der Waals surface area contributed by atoms with Gasteiger partial charge in [-0.05, 0) is 48.0 Å². The van der Waals surface area contributed by atoms with Crippen LogP contribution in [-0.4, -0.2) is 27.1 Å². The molecule has 34 heavy (non-hydrogen) atoms. The third-order valence-corrected chi connectivity index (χ3v) is 7.23. The lowest BCUT2D eigenvalue weighted by molar-refractivity contribution is -0.119. The van der Waals surface area contributed by atoms with Gasteiger partial charge < -0.3 is 0 Å². The number of nitrogens with zero attached hydrogens (tertiary/aromatic N) is 2. The molecule has 0 radical (unpaired) electrons. The number of sulfonamides is 1. The highest BCUT2D eigenvalue weighted by Gasteiger charge is 2.27. The molecular weight excluding hydrogens is 470 g/mol. The number of rotatable bonds is 7. The number of fused-ring (bicyclic) bond motifs is 1. The second kappa shape index (κ2) is 10.1. The highest BCUT2D eigenvalue weighted by atomic mass is 35.5. The average molecular weight is 492 g/mol. The van der Waals surface area contributed by atoms with E-state index in [1.54, 1.807) is 36.5 Å². The lowest BCUT2D eigenvalue weighted by Crippen LogP contribution is -2.39. The fraction of sp³-hybridized carbons (Fsp3) is 0.0769. The van der Waals surface area contributed by atoms with Gasteiger partial charge >= 0.3 is 0 Å². The van der Waals surface area contributed by atoms with E-state index in [4.69, 9.17) is 11.6 Å². The van der Waals surface area contributed by atoms with E-state index >= 15 is 0 Å². The van der Waals surface area contributed by atoms with Gasteiger partial charge in [-0.1, -0.05) is 77.8 Å². The number of carbonyl (C=O) groups is 1. The molecule has 0 aliphatic heterocycles. The molecule has 0 unspecified atom stereocenters. The first kappa shape index (κ1) is 23.5. The van der Waals surface area contributed by atoms with Crippen LogP contribution in [-0.2, 0) is 14.8 Å². The Kier molecular flexibility index (Phi) is 6.95. The van der Waals surface area contributed by atoms with Crippen LogP contribution in [0.1, 0.15) is 11.1 Å². The van der Waals surface area contributed by atoms with Gasteiger partial charge in [-0.15, -0.1) is 0 Å². The predicted octanol–water partition coefficient (Wildman–Crippen LogP) is 5.15. The molecule has 4 aromatic rings. The monoisotopic (exact) mass is 491 g/mol. The van der Waals surface area contributed by atoms with Gasteiger partial charge in [0.15, 0.2) is 0 Å². The number of benzene rings is 4. The molecule has 0 heterocycles. The maximum atomic E-state index is 13.4. The van der Waals surface area contributed by atoms with E-state index in [2.05, 4.69) is 10.5 Å². The van der Waals surface area contributed by atoms with Crippen LogP contribution in [0.2, 0.25) is 5.02 Å². The Morgan fingerprint density at radius 3 is 2.44 bits per heavy atom. The van der Waals surface area contributed by atoms with Crippen LogP contribution in [0.4, 0.5) is 5.69 Å². The summed E-state index contributed by atoms with van der Waals surface area (Å²) in [7, 11) is -4.03. The highest BCUT2D eigenvalue weighted by molar-refractivity contribution is 7.92. The van der Waals surface area contributed by atoms with Gasteiger partial charge in [-0.2, -0.15) is 5.10 Å². The number of hydrogen-bond donors (Lipinski definition) is 1. The summed E-state index contributed by atoms with van der Waals surface area (Å²) in [5.74, 6) is -0.591. The molecule has 6 nitrogen and oxygen atoms in total. The normalized spacial score (nSPS) is 11.6. The molecular formula is C26H22ClN3O3S. The molecule has 4 aromatic carbocycles. The minimum absolute atomic E-state index is 0.0742. The molecule has 0 saturated heterocycles. The summed E-state index contributed by atoms with van der Waals surface area (Å²) in [6, 6.07) is 26.4. The molecule has 0 fully saturated rings. The molecule has 0 saturated carbocycles. The van der Waals surface area contributed by atoms with Crippen LogP contribution in [0.5, 0.6) is 0 Å². The Morgan fingerprint density at radius 1 is 0.971 bits per heavy atom. The quantitative estimate of drug-likeness (QED) is 0.287. The fourth-order valence-corrected chi connectivity index (χ4v) is 5.08. The van der Waals surface area contributed by atoms with Gasteiger partial charge in [0.05, 0.1) is 16.8 Å². The minimum Gasteiger partial charge on any atom is -0.271 e. The van der Waals surface area contributed by atoms with E-state index in [0.717, 1.165) is 26.2 Å². The smallest absolute Gasteiger partial charge is 0.264 e. The van der Waals surface area contributed by atoms with Crippen molar-refractivity contribution in [3.05, 3.63) is 107 Å². The maximum absolute atomic E-state index is 13.4. The SMILES string of the molecule is Cc1ccc(S(=O)(=O)N(CC(=O)N/N=C\c2cccc3ccccc23)c2cccc(Cl)c2)cc1. The van der Waals surface area contributed by atoms with E-state index in [0.29, 0.717) is 5.02 Å². The van der Waals surface area contributed by atoms with E-state index in [-0.39, 0.29) is 10.6 Å². The summed E-state index contributed by atoms with van der Waals surface area (Å²) < 4.78 is 27.8. The van der Waals surface area contributed by atoms with Crippen molar-refractivity contribution in [2.24, 2.45) is 5.10 Å². The van der Waals surface area contributed by atoms with Gasteiger partial charge in [0.2, 0.25) is 0 Å². The number of carbonyl (C=O) groups excluding carboxylic acids is 1. The Balaban J connectivity index is 1.58. The third-order valence-electron chi connectivity index (χ3n) is 5.21. The summed E-state index contributed by atoms with van der Waals surface area (Å²) in [4.78, 5) is 12.8. The zero-order chi connectivity index (χ0) is 24.1. The lowest BCUT2D eigenvalue weighted by atomic mass is 10.1. The standard InChI is InChI=1S/C26H22ClN3O3S/c1-19-12-14-24(15-13-19)34(32,33)30(23-10-5-9-22(27)16-23)18-26(31)29-28-17-21-8-4-7-20-6-2-3-11-25(20)21/h2-17H,18H2,1H3,(H,29,31)/b28-17-. The first-order valence-corrected chi connectivity index (χ1v) is 12.3. The molecule has 172 valence electrons. The van der Waals surface area contributed by atoms with Crippen molar-refractivity contribution in [3.8, 4) is 0 Å². The molecule has 4 rings (SSSR count). The summed E-state index contributed by atoms with van der Waals surface area (Å²) in [5, 5.41) is 6.45. The Morgan fingerprint density at radius 2 is 1.68 bits per heavy atom. The number of hydrazone groups is 1. The first-order valence-electron chi connectivity index (χ1n) is 10.5. The van der Waals surface area contributed by atoms with Crippen molar-refractivity contribution in [1.82, 2.24) is 5.43 Å². The molecule has 8 heteroatoms. The molecule has 0 atom stereocenters. The van der Waals surface area contributed by atoms with Gasteiger partial charge in [0.1, 0.15) is 6.54 Å². The van der Waals surface area contributed by atoms with Gasteiger partial charge in [-0.3, -0.25) is 9.10 Å². The Labute approximate surface area is 203 Å². The minimum atomic E-state index is -4.03. The van der Waals surface area contributed by atoms with Crippen LogP contribution < -0.4 is 9.73 Å². The largest absolute Gasteiger partial charge is 0.271 e. The van der Waals surface area contributed by atoms with Gasteiger partial charge in [0.25, 0.3) is 15.9 Å². The topological polar surface area (TPSA) is 78.8 Å². The van der Waals surface area contributed by atoms with Gasteiger partial charge in [-0.25, -0.2) is 13.8 Å². The predicted molar refractivity (Wildman–Crippen MR) is 137 cm³/mol. The van der Waals surface area contributed by atoms with E-state index in [1.807, 2.05) is 49.4 Å². The summed E-state index contributed by atoms with van der Waals surface area (Å²) in [5.41, 5.74) is 4.47. The zero-order valence-corrected chi connectivity index (χ0v) is 19.9. The number of amides is 1. The molecule has 1 amide bonds. The summed E-state index contributed by atoms with van der Waals surface area (Å²) in [6.45, 7) is 1.40. The van der Waals surface area contributed by atoms with Crippen LogP contribution >= 0.6 is 11.6 Å². The maximum Gasteiger partial charge on any atom is 0.264 e. The molecule has 0 aromatic heterocycles. The number of anilines is 1. The van der Waals surface area contributed by atoms with Crippen molar-refractivity contribution in [2.75, 3.05) is 10.8 Å². The second-order valence-electron chi connectivity index (χ2n) is 7.67. The van der Waals surface area contributed by atoms with Crippen molar-refractivity contribution in [3.63, 3.8) is 0 Å². The van der Waals surface area contributed by atoms with Crippen molar-refractivity contribution >= 4 is 50.2 Å². The molecule has 1 N–H and O–H groups in total. The van der Waals surface area contributed by atoms with Crippen LogP contribution in [0, 0.1) is 6.92 Å².